The summed E-state index contributed by atoms with van der Waals surface area (Å²) in [5, 5.41) is 0. The zero-order valence-corrected chi connectivity index (χ0v) is 27.1. The third-order valence-electron chi connectivity index (χ3n) is 10.8. The average Bonchev–Trinajstić information content (AvgIpc) is 3.66. The van der Waals surface area contributed by atoms with Crippen LogP contribution in [0.5, 0.6) is 23.0 Å². The van der Waals surface area contributed by atoms with E-state index in [1.54, 1.807) is 28.4 Å². The molecule has 0 radical (unpaired) electrons. The van der Waals surface area contributed by atoms with Gasteiger partial charge in [0.25, 0.3) is 0 Å². The fourth-order valence-electron chi connectivity index (χ4n) is 8.83. The first-order valence-electron chi connectivity index (χ1n) is 16.0. The Morgan fingerprint density at radius 2 is 0.905 bits per heavy atom. The van der Waals surface area contributed by atoms with E-state index in [0.717, 1.165) is 36.1 Å². The molecule has 2 saturated carbocycles. The molecular weight excluding hydrogens is 548 g/mol. The van der Waals surface area contributed by atoms with E-state index in [1.807, 2.05) is 0 Å². The number of methoxy groups -OCH3 is 4. The molecule has 0 unspecified atom stereocenters. The zero-order valence-electron chi connectivity index (χ0n) is 26.3. The fraction of sp³-hybridized carbons (Fsp3) is 0.657. The molecule has 2 heterocycles. The van der Waals surface area contributed by atoms with Gasteiger partial charge in [0.2, 0.25) is 0 Å². The summed E-state index contributed by atoms with van der Waals surface area (Å²) in [7, 11) is 7.01. The largest absolute Gasteiger partial charge is 0.493 e. The van der Waals surface area contributed by atoms with Crippen molar-refractivity contribution in [2.24, 2.45) is 0 Å². The number of unbranched alkanes of at least 4 members (excludes halogenated alkanes) is 2. The van der Waals surface area contributed by atoms with Gasteiger partial charge in [-0.2, -0.15) is 0 Å². The smallest absolute Gasteiger partial charge is 0.161 e. The summed E-state index contributed by atoms with van der Waals surface area (Å²) >= 11 is 0. The maximum absolute atomic E-state index is 5.69. The number of rotatable bonds is 10. The number of nitrogens with zero attached hydrogens (tertiary/aromatic N) is 2. The summed E-state index contributed by atoms with van der Waals surface area (Å²) < 4.78 is 22.7. The highest BCUT2D eigenvalue weighted by molar-refractivity contribution is 5.85. The Kier molecular flexibility index (Phi) is 9.86. The van der Waals surface area contributed by atoms with E-state index in [9.17, 15) is 0 Å². The Labute approximate surface area is 259 Å². The van der Waals surface area contributed by atoms with Gasteiger partial charge in [-0.15, -0.1) is 12.4 Å². The summed E-state index contributed by atoms with van der Waals surface area (Å²) in [6.45, 7) is 6.78. The SMILES string of the molecule is COc1cc2c(cc1OC)C1(CCCC1)CN(CCCCCN1Cc3cc(OC)c(OC)cc3C3(CCCC3)C1)C2.Cl. The lowest BCUT2D eigenvalue weighted by Crippen LogP contribution is -2.45. The van der Waals surface area contributed by atoms with Crippen LogP contribution in [0, 0.1) is 0 Å². The van der Waals surface area contributed by atoms with E-state index in [0.29, 0.717) is 0 Å². The van der Waals surface area contributed by atoms with Gasteiger partial charge >= 0.3 is 0 Å². The van der Waals surface area contributed by atoms with Crippen molar-refractivity contribution in [2.45, 2.75) is 94.5 Å². The molecule has 0 aromatic heterocycles. The van der Waals surface area contributed by atoms with E-state index in [-0.39, 0.29) is 23.2 Å². The second-order valence-electron chi connectivity index (χ2n) is 13.2. The lowest BCUT2D eigenvalue weighted by molar-refractivity contribution is 0.162. The Morgan fingerprint density at radius 1 is 0.548 bits per heavy atom. The topological polar surface area (TPSA) is 43.4 Å². The maximum Gasteiger partial charge on any atom is 0.161 e. The first-order chi connectivity index (χ1) is 20.0. The number of ether oxygens (including phenoxy) is 4. The van der Waals surface area contributed by atoms with Crippen molar-refractivity contribution in [3.63, 3.8) is 0 Å². The standard InChI is InChI=1S/C35H50N2O4.ClH/c1-38-30-18-26-22-36(24-34(12-6-7-13-34)28(26)20-32(30)40-3)16-10-5-11-17-37-23-27-19-31(39-2)33(41-4)21-29(27)35(25-37)14-8-9-15-35;/h18-21H,5-17,22-25H2,1-4H3;1H. The monoisotopic (exact) mass is 598 g/mol. The molecule has 4 aliphatic rings. The van der Waals surface area contributed by atoms with Crippen LogP contribution in [0.15, 0.2) is 24.3 Å². The van der Waals surface area contributed by atoms with Crippen LogP contribution in [0.1, 0.15) is 92.9 Å². The highest BCUT2D eigenvalue weighted by Gasteiger charge is 2.43. The van der Waals surface area contributed by atoms with E-state index in [4.69, 9.17) is 18.9 Å². The van der Waals surface area contributed by atoms with Crippen molar-refractivity contribution in [1.82, 2.24) is 9.80 Å². The molecule has 6 rings (SSSR count). The first kappa shape index (κ1) is 31.3. The van der Waals surface area contributed by atoms with Crippen LogP contribution in [-0.4, -0.2) is 64.4 Å². The highest BCUT2D eigenvalue weighted by Crippen LogP contribution is 2.50. The van der Waals surface area contributed by atoms with Crippen molar-refractivity contribution >= 4 is 12.4 Å². The van der Waals surface area contributed by atoms with Crippen molar-refractivity contribution in [3.8, 4) is 23.0 Å². The summed E-state index contributed by atoms with van der Waals surface area (Å²) in [6.07, 6.45) is 14.3. The molecule has 0 amide bonds. The van der Waals surface area contributed by atoms with E-state index < -0.39 is 0 Å². The molecule has 0 bridgehead atoms. The third kappa shape index (κ3) is 5.84. The van der Waals surface area contributed by atoms with Gasteiger partial charge in [0, 0.05) is 37.0 Å². The van der Waals surface area contributed by atoms with Crippen LogP contribution >= 0.6 is 12.4 Å². The van der Waals surface area contributed by atoms with Crippen LogP contribution in [0.4, 0.5) is 0 Å². The van der Waals surface area contributed by atoms with Gasteiger partial charge in [0.15, 0.2) is 23.0 Å². The van der Waals surface area contributed by atoms with Crippen molar-refractivity contribution < 1.29 is 18.9 Å². The lowest BCUT2D eigenvalue weighted by Gasteiger charge is -2.43. The molecular formula is C35H51ClN2O4. The molecule has 7 heteroatoms. The Balaban J connectivity index is 0.00000353. The van der Waals surface area contributed by atoms with Gasteiger partial charge in [-0.05, 0) is 98.1 Å². The molecule has 2 aromatic carbocycles. The quantitative estimate of drug-likeness (QED) is 0.268. The predicted molar refractivity (Wildman–Crippen MR) is 171 cm³/mol. The highest BCUT2D eigenvalue weighted by atomic mass is 35.5. The minimum Gasteiger partial charge on any atom is -0.493 e. The van der Waals surface area contributed by atoms with Crippen LogP contribution in [-0.2, 0) is 23.9 Å². The van der Waals surface area contributed by atoms with Crippen LogP contribution in [0.25, 0.3) is 0 Å². The second kappa shape index (κ2) is 13.2. The number of fused-ring (bicyclic) bond motifs is 4. The Bertz CT molecular complexity index is 1130. The fourth-order valence-corrected chi connectivity index (χ4v) is 8.83. The minimum atomic E-state index is 0. The molecule has 0 N–H and O–H groups in total. The summed E-state index contributed by atoms with van der Waals surface area (Å²) in [4.78, 5) is 5.45. The van der Waals surface area contributed by atoms with Crippen molar-refractivity contribution in [1.29, 1.82) is 0 Å². The Hall–Kier alpha value is -2.15. The number of benzene rings is 2. The van der Waals surface area contributed by atoms with Gasteiger partial charge in [0.05, 0.1) is 28.4 Å². The van der Waals surface area contributed by atoms with E-state index >= 15 is 0 Å². The van der Waals surface area contributed by atoms with Gasteiger partial charge in [0.1, 0.15) is 0 Å². The molecule has 2 aliphatic heterocycles. The van der Waals surface area contributed by atoms with Crippen LogP contribution < -0.4 is 18.9 Å². The maximum atomic E-state index is 5.69. The van der Waals surface area contributed by atoms with Gasteiger partial charge in [-0.25, -0.2) is 0 Å². The molecule has 2 spiro atoms. The molecule has 2 aromatic rings. The molecule has 0 saturated heterocycles. The summed E-state index contributed by atoms with van der Waals surface area (Å²) in [6, 6.07) is 9.07. The third-order valence-corrected chi connectivity index (χ3v) is 10.8. The van der Waals surface area contributed by atoms with Gasteiger partial charge in [-0.1, -0.05) is 32.1 Å². The molecule has 2 fully saturated rings. The van der Waals surface area contributed by atoms with Crippen LogP contribution in [0.2, 0.25) is 0 Å². The normalized spacial score (nSPS) is 20.7. The minimum absolute atomic E-state index is 0. The number of halogens is 1. The summed E-state index contributed by atoms with van der Waals surface area (Å²) in [5.41, 5.74) is 6.49. The Morgan fingerprint density at radius 3 is 1.26 bits per heavy atom. The van der Waals surface area contributed by atoms with Crippen molar-refractivity contribution in [2.75, 3.05) is 54.6 Å². The molecule has 232 valence electrons. The number of hydrogen-bond donors (Lipinski definition) is 0. The second-order valence-corrected chi connectivity index (χ2v) is 13.2. The molecule has 42 heavy (non-hydrogen) atoms. The predicted octanol–water partition coefficient (Wildman–Crippen LogP) is 7.27. The van der Waals surface area contributed by atoms with Gasteiger partial charge in [-0.3, -0.25) is 9.80 Å². The molecule has 0 atom stereocenters. The van der Waals surface area contributed by atoms with Crippen LogP contribution in [0.3, 0.4) is 0 Å². The molecule has 6 nitrogen and oxygen atoms in total. The van der Waals surface area contributed by atoms with Gasteiger partial charge < -0.3 is 18.9 Å². The number of hydrogen-bond acceptors (Lipinski definition) is 6. The zero-order chi connectivity index (χ0) is 28.5. The first-order valence-corrected chi connectivity index (χ1v) is 16.0. The van der Waals surface area contributed by atoms with Crippen molar-refractivity contribution in [3.05, 3.63) is 46.5 Å². The summed E-state index contributed by atoms with van der Waals surface area (Å²) in [5.74, 6) is 3.48. The van der Waals surface area contributed by atoms with E-state index in [1.165, 1.54) is 119 Å². The average molecular weight is 599 g/mol. The van der Waals surface area contributed by atoms with E-state index in [2.05, 4.69) is 34.1 Å². The lowest BCUT2D eigenvalue weighted by atomic mass is 9.73. The molecule has 2 aliphatic carbocycles.